The van der Waals surface area contributed by atoms with Crippen molar-refractivity contribution in [2.75, 3.05) is 12.3 Å². The predicted octanol–water partition coefficient (Wildman–Crippen LogP) is 1.60. The standard InChI is InChI=1S/C24H29N6O7PS/c1-5-24(33)11-17(36-22(24)30-13-26-18-19(30)27-23(25)28-20(18)31)12-34-38(39,37-16-9-7-6-8-10-16)29-15(4)21(32)35-14(2)3/h1,6-10,13-15,17,22,33H,11-12H2,2-4H3,(H,29,39)(H3,25,27,28,31). The van der Waals surface area contributed by atoms with E-state index in [4.69, 9.17) is 42.5 Å². The lowest BCUT2D eigenvalue weighted by atomic mass is 9.99. The second kappa shape index (κ2) is 11.4. The van der Waals surface area contributed by atoms with Gasteiger partial charge in [-0.3, -0.25) is 19.1 Å². The van der Waals surface area contributed by atoms with Gasteiger partial charge < -0.3 is 29.4 Å². The van der Waals surface area contributed by atoms with Crippen LogP contribution in [0.25, 0.3) is 11.2 Å². The molecule has 4 rings (SSSR count). The second-order valence-electron chi connectivity index (χ2n) is 9.19. The van der Waals surface area contributed by atoms with Crippen molar-refractivity contribution >= 4 is 41.5 Å². The van der Waals surface area contributed by atoms with Crippen LogP contribution in [-0.4, -0.2) is 61.1 Å². The first-order valence-corrected chi connectivity index (χ1v) is 14.6. The number of aliphatic hydroxyl groups is 1. The molecule has 2 aromatic heterocycles. The summed E-state index contributed by atoms with van der Waals surface area (Å²) < 4.78 is 24.7. The van der Waals surface area contributed by atoms with Crippen molar-refractivity contribution in [2.45, 2.75) is 57.3 Å². The molecule has 13 nitrogen and oxygen atoms in total. The zero-order valence-electron chi connectivity index (χ0n) is 21.4. The van der Waals surface area contributed by atoms with Crippen LogP contribution in [0.4, 0.5) is 5.95 Å². The Morgan fingerprint density at radius 2 is 2.15 bits per heavy atom. The van der Waals surface area contributed by atoms with Crippen molar-refractivity contribution in [3.63, 3.8) is 0 Å². The number of anilines is 1. The van der Waals surface area contributed by atoms with Crippen LogP contribution in [-0.2, 0) is 30.6 Å². The first-order chi connectivity index (χ1) is 18.4. The number of ether oxygens (including phenoxy) is 2. The number of nitrogens with one attached hydrogen (secondary N) is 2. The summed E-state index contributed by atoms with van der Waals surface area (Å²) in [5.74, 6) is 2.14. The van der Waals surface area contributed by atoms with Crippen LogP contribution in [0.15, 0.2) is 41.5 Å². The van der Waals surface area contributed by atoms with Crippen molar-refractivity contribution in [3.8, 4) is 18.1 Å². The number of nitrogens with two attached hydrogens (primary N) is 1. The Balaban J connectivity index is 1.55. The molecule has 0 radical (unpaired) electrons. The molecule has 3 heterocycles. The van der Waals surface area contributed by atoms with Gasteiger partial charge in [0.05, 0.1) is 25.1 Å². The molecule has 1 aromatic carbocycles. The summed E-state index contributed by atoms with van der Waals surface area (Å²) in [6, 6.07) is 7.92. The number of imidazole rings is 1. The average molecular weight is 577 g/mol. The zero-order chi connectivity index (χ0) is 28.4. The number of rotatable bonds is 10. The third-order valence-corrected chi connectivity index (χ3v) is 8.18. The van der Waals surface area contributed by atoms with E-state index in [-0.39, 0.29) is 36.2 Å². The second-order valence-corrected chi connectivity index (χ2v) is 12.3. The van der Waals surface area contributed by atoms with Crippen molar-refractivity contribution in [1.82, 2.24) is 24.6 Å². The molecule has 208 valence electrons. The van der Waals surface area contributed by atoms with Gasteiger partial charge in [-0.1, -0.05) is 24.1 Å². The first-order valence-electron chi connectivity index (χ1n) is 12.0. The first kappa shape index (κ1) is 28.7. The van der Waals surface area contributed by atoms with Gasteiger partial charge in [-0.15, -0.1) is 6.42 Å². The summed E-state index contributed by atoms with van der Waals surface area (Å²) in [5, 5.41) is 14.2. The maximum absolute atomic E-state index is 12.4. The molecule has 39 heavy (non-hydrogen) atoms. The molecular formula is C24H29N6O7PS. The van der Waals surface area contributed by atoms with Gasteiger partial charge in [0.2, 0.25) is 5.95 Å². The summed E-state index contributed by atoms with van der Waals surface area (Å²) in [7, 11) is 0. The molecule has 3 aromatic rings. The molecule has 0 aliphatic carbocycles. The van der Waals surface area contributed by atoms with E-state index in [1.54, 1.807) is 45.0 Å². The van der Waals surface area contributed by atoms with Crippen LogP contribution in [0.3, 0.4) is 0 Å². The monoisotopic (exact) mass is 576 g/mol. The van der Waals surface area contributed by atoms with E-state index in [0.29, 0.717) is 5.75 Å². The lowest BCUT2D eigenvalue weighted by molar-refractivity contribution is -0.149. The van der Waals surface area contributed by atoms with Crippen LogP contribution in [0.1, 0.15) is 33.4 Å². The number of aromatic nitrogens is 4. The van der Waals surface area contributed by atoms with E-state index in [9.17, 15) is 14.7 Å². The molecule has 5 unspecified atom stereocenters. The maximum atomic E-state index is 12.4. The van der Waals surface area contributed by atoms with Crippen LogP contribution in [0.5, 0.6) is 5.75 Å². The van der Waals surface area contributed by atoms with E-state index < -0.39 is 42.1 Å². The third kappa shape index (κ3) is 6.47. The smallest absolute Gasteiger partial charge is 0.323 e. The number of carbonyl (C=O) groups is 1. The van der Waals surface area contributed by atoms with E-state index >= 15 is 0 Å². The van der Waals surface area contributed by atoms with Gasteiger partial charge in [-0.2, -0.15) is 4.98 Å². The largest absolute Gasteiger partial charge is 0.462 e. The quantitative estimate of drug-likeness (QED) is 0.156. The number of nitrogens with zero attached hydrogens (tertiary/aromatic N) is 3. The average Bonchev–Trinajstić information content (AvgIpc) is 3.44. The summed E-state index contributed by atoms with van der Waals surface area (Å²) in [5.41, 5.74) is 3.44. The Bertz CT molecular complexity index is 1490. The maximum Gasteiger partial charge on any atom is 0.323 e. The highest BCUT2D eigenvalue weighted by atomic mass is 32.5. The van der Waals surface area contributed by atoms with E-state index in [2.05, 4.69) is 26.0 Å². The number of terminal acetylenes is 1. The van der Waals surface area contributed by atoms with E-state index in [1.807, 2.05) is 6.07 Å². The minimum atomic E-state index is -3.35. The fraction of sp³-hybridized carbons (Fsp3) is 0.417. The van der Waals surface area contributed by atoms with Gasteiger partial charge in [0.25, 0.3) is 5.56 Å². The highest BCUT2D eigenvalue weighted by Gasteiger charge is 2.49. The molecule has 1 fully saturated rings. The highest BCUT2D eigenvalue weighted by Crippen LogP contribution is 2.47. The molecular weight excluding hydrogens is 547 g/mol. The van der Waals surface area contributed by atoms with Crippen LogP contribution < -0.4 is 20.9 Å². The molecule has 0 saturated carbocycles. The van der Waals surface area contributed by atoms with E-state index in [1.165, 1.54) is 10.9 Å². The predicted molar refractivity (Wildman–Crippen MR) is 146 cm³/mol. The van der Waals surface area contributed by atoms with Crippen molar-refractivity contribution < 1.29 is 28.4 Å². The van der Waals surface area contributed by atoms with Crippen molar-refractivity contribution in [2.24, 2.45) is 0 Å². The summed E-state index contributed by atoms with van der Waals surface area (Å²) in [6.45, 7) is 1.57. The third-order valence-electron chi connectivity index (χ3n) is 5.68. The molecule has 0 amide bonds. The molecule has 5 atom stereocenters. The van der Waals surface area contributed by atoms with Gasteiger partial charge in [0, 0.05) is 6.42 Å². The number of H-pyrrole nitrogens is 1. The lowest BCUT2D eigenvalue weighted by Crippen LogP contribution is -2.36. The number of carbonyl (C=O) groups excluding carboxylic acids is 1. The van der Waals surface area contributed by atoms with Crippen LogP contribution >= 0.6 is 6.64 Å². The number of hydrogen-bond acceptors (Lipinski definition) is 11. The minimum Gasteiger partial charge on any atom is -0.462 e. The Labute approximate surface area is 229 Å². The molecule has 1 aliphatic heterocycles. The van der Waals surface area contributed by atoms with Gasteiger partial charge in [0.15, 0.2) is 23.0 Å². The molecule has 0 spiro atoms. The van der Waals surface area contributed by atoms with Gasteiger partial charge >= 0.3 is 12.6 Å². The Morgan fingerprint density at radius 3 is 2.82 bits per heavy atom. The van der Waals surface area contributed by atoms with Crippen molar-refractivity contribution in [3.05, 3.63) is 47.0 Å². The number of fused-ring (bicyclic) bond motifs is 1. The van der Waals surface area contributed by atoms with Gasteiger partial charge in [-0.25, -0.2) is 10.1 Å². The Morgan fingerprint density at radius 1 is 1.44 bits per heavy atom. The normalized spacial score (nSPS) is 23.3. The Kier molecular flexibility index (Phi) is 8.41. The van der Waals surface area contributed by atoms with Gasteiger partial charge in [-0.05, 0) is 44.7 Å². The summed E-state index contributed by atoms with van der Waals surface area (Å²) in [6.07, 6.45) is 4.70. The van der Waals surface area contributed by atoms with Crippen LogP contribution in [0, 0.1) is 12.3 Å². The van der Waals surface area contributed by atoms with Gasteiger partial charge in [0.1, 0.15) is 11.8 Å². The molecule has 5 N–H and O–H groups in total. The number of para-hydroxylation sites is 1. The molecule has 1 saturated heterocycles. The summed E-state index contributed by atoms with van der Waals surface area (Å²) in [4.78, 5) is 35.2. The fourth-order valence-electron chi connectivity index (χ4n) is 3.95. The SMILES string of the molecule is C#CC1(O)CC(COP(=S)(NC(C)C(=O)OC(C)C)Oc2ccccc2)OC1n1cnc2c(=O)[nH]c(N)nc21. The number of esters is 1. The lowest BCUT2D eigenvalue weighted by Gasteiger charge is -2.27. The number of benzene rings is 1. The molecule has 0 bridgehead atoms. The topological polar surface area (TPSA) is 176 Å². The number of nitrogen functional groups attached to an aromatic ring is 1. The fourth-order valence-corrected chi connectivity index (χ4v) is 6.38. The zero-order valence-corrected chi connectivity index (χ0v) is 23.1. The van der Waals surface area contributed by atoms with Crippen LogP contribution in [0.2, 0.25) is 0 Å². The number of hydrogen-bond donors (Lipinski definition) is 4. The molecule has 1 aliphatic rings. The van der Waals surface area contributed by atoms with Crippen molar-refractivity contribution in [1.29, 1.82) is 0 Å². The van der Waals surface area contributed by atoms with E-state index in [0.717, 1.165) is 0 Å². The molecule has 15 heteroatoms. The minimum absolute atomic E-state index is 0.00473. The highest BCUT2D eigenvalue weighted by molar-refractivity contribution is 8.09. The number of aromatic amines is 1. The Hall–Kier alpha value is -3.31. The summed E-state index contributed by atoms with van der Waals surface area (Å²) >= 11 is 5.73.